The third-order valence-electron chi connectivity index (χ3n) is 3.06. The summed E-state index contributed by atoms with van der Waals surface area (Å²) in [5.41, 5.74) is 2.07. The normalized spacial score (nSPS) is 10.4. The molecule has 1 aromatic carbocycles. The summed E-state index contributed by atoms with van der Waals surface area (Å²) in [6.45, 7) is 1.39. The average Bonchev–Trinajstić information content (AvgIpc) is 2.84. The topological polar surface area (TPSA) is 58.4 Å². The van der Waals surface area contributed by atoms with E-state index in [0.717, 1.165) is 11.4 Å². The maximum atomic E-state index is 10.6. The van der Waals surface area contributed by atoms with Gasteiger partial charge in [0.05, 0.1) is 12.2 Å². The van der Waals surface area contributed by atoms with Crippen LogP contribution in [0.2, 0.25) is 0 Å². The third kappa shape index (κ3) is 4.12. The summed E-state index contributed by atoms with van der Waals surface area (Å²) in [4.78, 5) is 12.8. The van der Waals surface area contributed by atoms with Crippen LogP contribution in [0, 0.1) is 0 Å². The Morgan fingerprint density at radius 2 is 2.05 bits per heavy atom. The molecule has 0 saturated heterocycles. The summed E-state index contributed by atoms with van der Waals surface area (Å²) in [5, 5.41) is 13.1. The van der Waals surface area contributed by atoms with Crippen molar-refractivity contribution in [3.8, 4) is 0 Å². The number of para-hydroxylation sites is 1. The smallest absolute Gasteiger partial charge is 0.303 e. The maximum absolute atomic E-state index is 10.6. The Labute approximate surface area is 118 Å². The van der Waals surface area contributed by atoms with Crippen LogP contribution in [0.4, 0.5) is 5.69 Å². The highest BCUT2D eigenvalue weighted by molar-refractivity contribution is 5.66. The van der Waals surface area contributed by atoms with Gasteiger partial charge in [-0.25, -0.2) is 0 Å². The van der Waals surface area contributed by atoms with Crippen LogP contribution in [0.15, 0.2) is 42.6 Å². The minimum atomic E-state index is -0.754. The highest BCUT2D eigenvalue weighted by atomic mass is 16.4. The Hall–Kier alpha value is -2.30. The third-order valence-corrected chi connectivity index (χ3v) is 3.06. The summed E-state index contributed by atoms with van der Waals surface area (Å²) in [6, 6.07) is 12.0. The van der Waals surface area contributed by atoms with Crippen molar-refractivity contribution in [2.24, 2.45) is 7.05 Å². The van der Waals surface area contributed by atoms with Gasteiger partial charge in [0, 0.05) is 31.9 Å². The first-order chi connectivity index (χ1) is 9.65. The minimum Gasteiger partial charge on any atom is -0.481 e. The van der Waals surface area contributed by atoms with Crippen molar-refractivity contribution in [3.05, 3.63) is 48.3 Å². The summed E-state index contributed by atoms with van der Waals surface area (Å²) in [7, 11) is 1.89. The van der Waals surface area contributed by atoms with Gasteiger partial charge in [-0.2, -0.15) is 5.10 Å². The van der Waals surface area contributed by atoms with Crippen LogP contribution in [0.1, 0.15) is 18.5 Å². The van der Waals surface area contributed by atoms with Gasteiger partial charge in [-0.3, -0.25) is 9.48 Å². The molecular formula is C15H19N3O2. The van der Waals surface area contributed by atoms with E-state index < -0.39 is 5.97 Å². The zero-order chi connectivity index (χ0) is 14.4. The Morgan fingerprint density at radius 1 is 1.30 bits per heavy atom. The van der Waals surface area contributed by atoms with Crippen LogP contribution in [0.3, 0.4) is 0 Å². The summed E-state index contributed by atoms with van der Waals surface area (Å²) < 4.78 is 1.77. The zero-order valence-corrected chi connectivity index (χ0v) is 11.6. The maximum Gasteiger partial charge on any atom is 0.303 e. The van der Waals surface area contributed by atoms with Crippen molar-refractivity contribution in [1.82, 2.24) is 9.78 Å². The molecule has 0 bridgehead atoms. The zero-order valence-electron chi connectivity index (χ0n) is 11.6. The second kappa shape index (κ2) is 6.75. The van der Waals surface area contributed by atoms with E-state index in [2.05, 4.69) is 10.00 Å². The van der Waals surface area contributed by atoms with E-state index in [1.165, 1.54) is 0 Å². The Morgan fingerprint density at radius 3 is 2.65 bits per heavy atom. The molecule has 0 amide bonds. The molecule has 0 fully saturated rings. The molecule has 2 rings (SSSR count). The van der Waals surface area contributed by atoms with E-state index >= 15 is 0 Å². The van der Waals surface area contributed by atoms with Gasteiger partial charge in [0.25, 0.3) is 0 Å². The first kappa shape index (κ1) is 14.1. The average molecular weight is 273 g/mol. The van der Waals surface area contributed by atoms with Gasteiger partial charge in [0.15, 0.2) is 0 Å². The van der Waals surface area contributed by atoms with E-state index in [1.54, 1.807) is 4.68 Å². The lowest BCUT2D eigenvalue weighted by Gasteiger charge is -2.23. The van der Waals surface area contributed by atoms with Crippen LogP contribution < -0.4 is 4.90 Å². The highest BCUT2D eigenvalue weighted by Gasteiger charge is 2.09. The summed E-state index contributed by atoms with van der Waals surface area (Å²) >= 11 is 0. The molecular weight excluding hydrogens is 254 g/mol. The number of aromatic nitrogens is 2. The monoisotopic (exact) mass is 273 g/mol. The van der Waals surface area contributed by atoms with Crippen LogP contribution in [-0.4, -0.2) is 27.4 Å². The number of carboxylic acid groups (broad SMARTS) is 1. The van der Waals surface area contributed by atoms with Crippen molar-refractivity contribution in [2.45, 2.75) is 19.4 Å². The number of benzene rings is 1. The number of hydrogen-bond donors (Lipinski definition) is 1. The van der Waals surface area contributed by atoms with Crippen molar-refractivity contribution in [2.75, 3.05) is 11.4 Å². The van der Waals surface area contributed by atoms with E-state index in [1.807, 2.05) is 49.6 Å². The number of aryl methyl sites for hydroxylation is 1. The molecule has 0 unspecified atom stereocenters. The number of rotatable bonds is 7. The van der Waals surface area contributed by atoms with Crippen LogP contribution in [0.25, 0.3) is 0 Å². The second-order valence-electron chi connectivity index (χ2n) is 4.74. The molecule has 1 heterocycles. The Kier molecular flexibility index (Phi) is 4.76. The van der Waals surface area contributed by atoms with Crippen molar-refractivity contribution in [3.63, 3.8) is 0 Å². The lowest BCUT2D eigenvalue weighted by Crippen LogP contribution is -2.24. The van der Waals surface area contributed by atoms with E-state index in [9.17, 15) is 4.79 Å². The minimum absolute atomic E-state index is 0.186. The molecule has 0 aliphatic carbocycles. The molecule has 5 heteroatoms. The van der Waals surface area contributed by atoms with Gasteiger partial charge in [-0.1, -0.05) is 18.2 Å². The molecule has 1 aromatic heterocycles. The summed E-state index contributed by atoms with van der Waals surface area (Å²) in [5.74, 6) is -0.754. The second-order valence-corrected chi connectivity index (χ2v) is 4.74. The Bertz CT molecular complexity index is 551. The Balaban J connectivity index is 2.05. The first-order valence-electron chi connectivity index (χ1n) is 6.65. The van der Waals surface area contributed by atoms with Gasteiger partial charge < -0.3 is 10.0 Å². The number of hydrogen-bond acceptors (Lipinski definition) is 3. The standard InChI is InChI=1S/C15H19N3O2/c1-17-11-9-13(16-17)12-18(10-5-8-15(19)20)14-6-3-2-4-7-14/h2-4,6-7,9,11H,5,8,10,12H2,1H3,(H,19,20). The number of carbonyl (C=O) groups is 1. The lowest BCUT2D eigenvalue weighted by molar-refractivity contribution is -0.137. The predicted molar refractivity (Wildman–Crippen MR) is 77.6 cm³/mol. The molecule has 0 aliphatic rings. The van der Waals surface area contributed by atoms with E-state index in [0.29, 0.717) is 19.5 Å². The van der Waals surface area contributed by atoms with Gasteiger partial charge in [0.2, 0.25) is 0 Å². The van der Waals surface area contributed by atoms with Gasteiger partial charge in [0.1, 0.15) is 0 Å². The quantitative estimate of drug-likeness (QED) is 0.841. The van der Waals surface area contributed by atoms with Crippen LogP contribution in [-0.2, 0) is 18.4 Å². The number of carboxylic acids is 1. The predicted octanol–water partition coefficient (Wildman–Crippen LogP) is 2.29. The lowest BCUT2D eigenvalue weighted by atomic mass is 10.2. The fourth-order valence-corrected chi connectivity index (χ4v) is 2.10. The fraction of sp³-hybridized carbons (Fsp3) is 0.333. The molecule has 0 atom stereocenters. The largest absolute Gasteiger partial charge is 0.481 e. The van der Waals surface area contributed by atoms with Crippen LogP contribution in [0.5, 0.6) is 0 Å². The van der Waals surface area contributed by atoms with E-state index in [-0.39, 0.29) is 6.42 Å². The fourth-order valence-electron chi connectivity index (χ4n) is 2.10. The SMILES string of the molecule is Cn1ccc(CN(CCCC(=O)O)c2ccccc2)n1. The van der Waals surface area contributed by atoms with Gasteiger partial charge in [-0.15, -0.1) is 0 Å². The number of nitrogens with zero attached hydrogens (tertiary/aromatic N) is 3. The van der Waals surface area contributed by atoms with Crippen molar-refractivity contribution in [1.29, 1.82) is 0 Å². The first-order valence-corrected chi connectivity index (χ1v) is 6.65. The van der Waals surface area contributed by atoms with Gasteiger partial charge >= 0.3 is 5.97 Å². The van der Waals surface area contributed by atoms with Crippen LogP contribution >= 0.6 is 0 Å². The van der Waals surface area contributed by atoms with Gasteiger partial charge in [-0.05, 0) is 24.6 Å². The molecule has 106 valence electrons. The van der Waals surface area contributed by atoms with Crippen molar-refractivity contribution >= 4 is 11.7 Å². The number of anilines is 1. The molecule has 2 aromatic rings. The van der Waals surface area contributed by atoms with Crippen molar-refractivity contribution < 1.29 is 9.90 Å². The molecule has 1 N–H and O–H groups in total. The van der Waals surface area contributed by atoms with E-state index in [4.69, 9.17) is 5.11 Å². The molecule has 0 saturated carbocycles. The molecule has 20 heavy (non-hydrogen) atoms. The molecule has 0 radical (unpaired) electrons. The highest BCUT2D eigenvalue weighted by Crippen LogP contribution is 2.16. The summed E-state index contributed by atoms with van der Waals surface area (Å²) in [6.07, 6.45) is 2.72. The molecule has 5 nitrogen and oxygen atoms in total. The number of aliphatic carboxylic acids is 1. The molecule has 0 aliphatic heterocycles. The molecule has 0 spiro atoms.